The van der Waals surface area contributed by atoms with Gasteiger partial charge in [0.05, 0.1) is 0 Å². The van der Waals surface area contributed by atoms with Gasteiger partial charge in [0, 0.05) is 11.2 Å². The van der Waals surface area contributed by atoms with E-state index in [1.54, 1.807) is 0 Å². The molecule has 60 valence electrons. The van der Waals surface area contributed by atoms with Gasteiger partial charge in [-0.05, 0) is 5.41 Å². The van der Waals surface area contributed by atoms with E-state index in [2.05, 4.69) is 36.7 Å². The minimum absolute atomic E-state index is 0.106. The van der Waals surface area contributed by atoms with Crippen LogP contribution in [0.2, 0.25) is 0 Å². The van der Waals surface area contributed by atoms with Gasteiger partial charge in [-0.3, -0.25) is 4.79 Å². The van der Waals surface area contributed by atoms with Gasteiger partial charge in [0.25, 0.3) is 0 Å². The van der Waals surface area contributed by atoms with Crippen LogP contribution in [0, 0.1) is 5.41 Å². The fraction of sp³-hybridized carbons (Fsp3) is 0.857. The third-order valence-electron chi connectivity index (χ3n) is 1.32. The van der Waals surface area contributed by atoms with Gasteiger partial charge >= 0.3 is 0 Å². The first-order valence-electron chi connectivity index (χ1n) is 3.26. The predicted octanol–water partition coefficient (Wildman–Crippen LogP) is 1.67. The fourth-order valence-corrected chi connectivity index (χ4v) is 0.802. The number of hydrogen-bond donors (Lipinski definition) is 1. The summed E-state index contributed by atoms with van der Waals surface area (Å²) in [5.41, 5.74) is 5.13. The number of hydrogen-bond acceptors (Lipinski definition) is 1. The van der Waals surface area contributed by atoms with Crippen LogP contribution in [0.3, 0.4) is 0 Å². The lowest BCUT2D eigenvalue weighted by atomic mass is 9.90. The third kappa shape index (κ3) is 3.88. The van der Waals surface area contributed by atoms with Gasteiger partial charge in [0.1, 0.15) is 0 Å². The topological polar surface area (TPSA) is 43.1 Å². The summed E-state index contributed by atoms with van der Waals surface area (Å²) in [7, 11) is 0. The monoisotopic (exact) mass is 207 g/mol. The highest BCUT2D eigenvalue weighted by atomic mass is 79.9. The van der Waals surface area contributed by atoms with Crippen LogP contribution < -0.4 is 5.73 Å². The number of primary amides is 1. The van der Waals surface area contributed by atoms with Gasteiger partial charge in [0.2, 0.25) is 5.91 Å². The molecule has 0 aliphatic rings. The number of halogens is 1. The molecule has 2 N–H and O–H groups in total. The molecule has 0 saturated carbocycles. The molecular weight excluding hydrogens is 194 g/mol. The standard InChI is InChI=1S/C7H14BrNO/c1-7(2,3)5(8)4-6(9)10/h5H,4H2,1-3H3,(H2,9,10)/t5-/m0/s1. The summed E-state index contributed by atoms with van der Waals surface area (Å²) in [4.78, 5) is 10.6. The van der Waals surface area contributed by atoms with E-state index in [0.29, 0.717) is 6.42 Å². The van der Waals surface area contributed by atoms with Crippen LogP contribution in [-0.4, -0.2) is 10.7 Å². The fourth-order valence-electron chi connectivity index (χ4n) is 0.483. The van der Waals surface area contributed by atoms with Crippen LogP contribution in [0.15, 0.2) is 0 Å². The highest BCUT2D eigenvalue weighted by Crippen LogP contribution is 2.27. The zero-order valence-corrected chi connectivity index (χ0v) is 8.23. The Hall–Kier alpha value is -0.0500. The Kier molecular flexibility index (Phi) is 3.36. The van der Waals surface area contributed by atoms with Crippen molar-refractivity contribution in [3.8, 4) is 0 Å². The van der Waals surface area contributed by atoms with E-state index < -0.39 is 0 Å². The maximum atomic E-state index is 10.4. The Balaban J connectivity index is 3.85. The number of nitrogens with two attached hydrogens (primary N) is 1. The van der Waals surface area contributed by atoms with Gasteiger partial charge in [-0.2, -0.15) is 0 Å². The van der Waals surface area contributed by atoms with E-state index in [-0.39, 0.29) is 16.1 Å². The molecule has 0 aromatic rings. The van der Waals surface area contributed by atoms with Crippen LogP contribution in [0.4, 0.5) is 0 Å². The molecule has 1 amide bonds. The highest BCUT2D eigenvalue weighted by molar-refractivity contribution is 9.09. The summed E-state index contributed by atoms with van der Waals surface area (Å²) in [5.74, 6) is -0.253. The number of carbonyl (C=O) groups excluding carboxylic acids is 1. The maximum absolute atomic E-state index is 10.4. The largest absolute Gasteiger partial charge is 0.370 e. The van der Waals surface area contributed by atoms with Crippen LogP contribution >= 0.6 is 15.9 Å². The summed E-state index contributed by atoms with van der Waals surface area (Å²) >= 11 is 3.40. The highest BCUT2D eigenvalue weighted by Gasteiger charge is 2.22. The minimum Gasteiger partial charge on any atom is -0.370 e. The van der Waals surface area contributed by atoms with Gasteiger partial charge < -0.3 is 5.73 Å². The summed E-state index contributed by atoms with van der Waals surface area (Å²) in [6.45, 7) is 6.19. The van der Waals surface area contributed by atoms with E-state index in [9.17, 15) is 4.79 Å². The predicted molar refractivity (Wildman–Crippen MR) is 46.0 cm³/mol. The molecule has 2 nitrogen and oxygen atoms in total. The molecule has 0 rings (SSSR count). The molecule has 0 aromatic heterocycles. The Morgan fingerprint density at radius 3 is 2.10 bits per heavy atom. The lowest BCUT2D eigenvalue weighted by Gasteiger charge is -2.23. The van der Waals surface area contributed by atoms with Crippen molar-refractivity contribution in [2.75, 3.05) is 0 Å². The first kappa shape index (κ1) is 9.95. The third-order valence-corrected chi connectivity index (χ3v) is 3.02. The van der Waals surface area contributed by atoms with Crippen molar-refractivity contribution in [2.45, 2.75) is 32.0 Å². The van der Waals surface area contributed by atoms with Crippen molar-refractivity contribution in [3.63, 3.8) is 0 Å². The molecule has 0 fully saturated rings. The molecule has 1 atom stereocenters. The molecule has 0 saturated heterocycles. The van der Waals surface area contributed by atoms with Crippen molar-refractivity contribution < 1.29 is 4.79 Å². The Morgan fingerprint density at radius 2 is 2.00 bits per heavy atom. The summed E-state index contributed by atoms with van der Waals surface area (Å²) in [5, 5.41) is 0. The second kappa shape index (κ2) is 3.37. The quantitative estimate of drug-likeness (QED) is 0.689. The van der Waals surface area contributed by atoms with Crippen LogP contribution in [-0.2, 0) is 4.79 Å². The molecule has 0 aromatic carbocycles. The van der Waals surface area contributed by atoms with Crippen molar-refractivity contribution in [3.05, 3.63) is 0 Å². The molecule has 10 heavy (non-hydrogen) atoms. The molecule has 0 unspecified atom stereocenters. The molecule has 3 heteroatoms. The van der Waals surface area contributed by atoms with E-state index in [0.717, 1.165) is 0 Å². The second-order valence-electron chi connectivity index (χ2n) is 3.50. The molecule has 0 spiro atoms. The normalized spacial score (nSPS) is 14.8. The van der Waals surface area contributed by atoms with Gasteiger partial charge in [-0.25, -0.2) is 0 Å². The first-order chi connectivity index (χ1) is 4.34. The molecule has 0 radical (unpaired) electrons. The summed E-state index contributed by atoms with van der Waals surface area (Å²) in [6.07, 6.45) is 0.406. The van der Waals surface area contributed by atoms with Crippen molar-refractivity contribution >= 4 is 21.8 Å². The Morgan fingerprint density at radius 1 is 1.60 bits per heavy atom. The number of carbonyl (C=O) groups is 1. The molecule has 0 heterocycles. The molecule has 0 aliphatic heterocycles. The minimum atomic E-state index is -0.253. The van der Waals surface area contributed by atoms with Crippen LogP contribution in [0.1, 0.15) is 27.2 Å². The number of alkyl halides is 1. The number of amides is 1. The Bertz CT molecular complexity index is 128. The maximum Gasteiger partial charge on any atom is 0.218 e. The van der Waals surface area contributed by atoms with E-state index >= 15 is 0 Å². The van der Waals surface area contributed by atoms with E-state index in [1.807, 2.05) is 0 Å². The first-order valence-corrected chi connectivity index (χ1v) is 4.18. The van der Waals surface area contributed by atoms with Gasteiger partial charge in [-0.1, -0.05) is 36.7 Å². The van der Waals surface area contributed by atoms with Crippen molar-refractivity contribution in [1.82, 2.24) is 0 Å². The van der Waals surface area contributed by atoms with Crippen molar-refractivity contribution in [1.29, 1.82) is 0 Å². The molecular formula is C7H14BrNO. The zero-order chi connectivity index (χ0) is 8.36. The second-order valence-corrected chi connectivity index (χ2v) is 4.61. The summed E-state index contributed by atoms with van der Waals surface area (Å²) < 4.78 is 0. The Labute approximate surface area is 70.3 Å². The van der Waals surface area contributed by atoms with Gasteiger partial charge in [-0.15, -0.1) is 0 Å². The van der Waals surface area contributed by atoms with Crippen molar-refractivity contribution in [2.24, 2.45) is 11.1 Å². The molecule has 0 bridgehead atoms. The van der Waals surface area contributed by atoms with Crippen LogP contribution in [0.5, 0.6) is 0 Å². The smallest absolute Gasteiger partial charge is 0.218 e. The SMILES string of the molecule is CC(C)(C)[C@@H](Br)CC(N)=O. The van der Waals surface area contributed by atoms with Crippen LogP contribution in [0.25, 0.3) is 0 Å². The van der Waals surface area contributed by atoms with E-state index in [4.69, 9.17) is 5.73 Å². The lowest BCUT2D eigenvalue weighted by Crippen LogP contribution is -2.26. The average molecular weight is 208 g/mol. The molecule has 0 aliphatic carbocycles. The van der Waals surface area contributed by atoms with Gasteiger partial charge in [0.15, 0.2) is 0 Å². The number of rotatable bonds is 2. The average Bonchev–Trinajstić information content (AvgIpc) is 1.60. The van der Waals surface area contributed by atoms with E-state index in [1.165, 1.54) is 0 Å². The lowest BCUT2D eigenvalue weighted by molar-refractivity contribution is -0.118. The zero-order valence-electron chi connectivity index (χ0n) is 6.65. The summed E-state index contributed by atoms with van der Waals surface area (Å²) in [6, 6.07) is 0.